The van der Waals surface area contributed by atoms with Crippen molar-refractivity contribution in [1.82, 2.24) is 0 Å². The molecule has 0 N–H and O–H groups in total. The SMILES string of the molecule is C=CC(=O)OP=O. The Morgan fingerprint density at radius 2 is 2.43 bits per heavy atom. The summed E-state index contributed by atoms with van der Waals surface area (Å²) in [7, 11) is -0.631. The highest BCUT2D eigenvalue weighted by Gasteiger charge is 1.89. The summed E-state index contributed by atoms with van der Waals surface area (Å²) in [5.41, 5.74) is 0. The van der Waals surface area contributed by atoms with E-state index < -0.39 is 14.7 Å². The Kier molecular flexibility index (Phi) is 3.15. The van der Waals surface area contributed by atoms with E-state index in [1.165, 1.54) is 0 Å². The molecular formula is C3H3O3P. The number of carbonyl (C=O) groups is 1. The van der Waals surface area contributed by atoms with E-state index in [2.05, 4.69) is 11.1 Å². The summed E-state index contributed by atoms with van der Waals surface area (Å²) >= 11 is 0. The molecule has 0 rings (SSSR count). The molecular weight excluding hydrogens is 115 g/mol. The summed E-state index contributed by atoms with van der Waals surface area (Å²) < 4.78 is 13.2. The zero-order valence-electron chi connectivity index (χ0n) is 3.46. The van der Waals surface area contributed by atoms with E-state index in [0.29, 0.717) is 0 Å². The maximum atomic E-state index is 9.86. The van der Waals surface area contributed by atoms with Gasteiger partial charge >= 0.3 is 14.7 Å². The molecule has 0 aliphatic carbocycles. The van der Waals surface area contributed by atoms with Crippen LogP contribution in [0.3, 0.4) is 0 Å². The van der Waals surface area contributed by atoms with E-state index in [4.69, 9.17) is 0 Å². The lowest BCUT2D eigenvalue weighted by Crippen LogP contribution is -1.86. The minimum absolute atomic E-state index is 0.631. The van der Waals surface area contributed by atoms with Crippen molar-refractivity contribution in [3.63, 3.8) is 0 Å². The molecule has 3 nitrogen and oxygen atoms in total. The van der Waals surface area contributed by atoms with Gasteiger partial charge in [0.2, 0.25) is 0 Å². The molecule has 0 aliphatic rings. The van der Waals surface area contributed by atoms with Gasteiger partial charge in [0.25, 0.3) is 0 Å². The molecule has 0 saturated carbocycles. The van der Waals surface area contributed by atoms with Gasteiger partial charge < -0.3 is 4.52 Å². The minimum Gasteiger partial charge on any atom is -0.370 e. The third kappa shape index (κ3) is 3.13. The second-order valence-corrected chi connectivity index (χ2v) is 1.02. The van der Waals surface area contributed by atoms with Gasteiger partial charge in [-0.1, -0.05) is 6.58 Å². The van der Waals surface area contributed by atoms with E-state index >= 15 is 0 Å². The van der Waals surface area contributed by atoms with E-state index in [1.54, 1.807) is 0 Å². The molecule has 0 aliphatic heterocycles. The van der Waals surface area contributed by atoms with Crippen molar-refractivity contribution >= 4 is 14.7 Å². The van der Waals surface area contributed by atoms with Crippen molar-refractivity contribution in [3.05, 3.63) is 12.7 Å². The van der Waals surface area contributed by atoms with Gasteiger partial charge in [0.15, 0.2) is 0 Å². The number of hydrogen-bond acceptors (Lipinski definition) is 3. The average Bonchev–Trinajstić information content (AvgIpc) is 1.68. The molecule has 0 fully saturated rings. The molecule has 0 heterocycles. The number of carbonyl (C=O) groups excluding carboxylic acids is 1. The maximum Gasteiger partial charge on any atom is 0.398 e. The molecule has 0 radical (unpaired) electrons. The van der Waals surface area contributed by atoms with Crippen LogP contribution in [0.1, 0.15) is 0 Å². The zero-order chi connectivity index (χ0) is 5.70. The van der Waals surface area contributed by atoms with Crippen molar-refractivity contribution < 1.29 is 13.9 Å². The maximum absolute atomic E-state index is 9.86. The van der Waals surface area contributed by atoms with Crippen LogP contribution in [0, 0.1) is 0 Å². The van der Waals surface area contributed by atoms with Crippen LogP contribution in [0.2, 0.25) is 0 Å². The predicted molar refractivity (Wildman–Crippen MR) is 23.9 cm³/mol. The van der Waals surface area contributed by atoms with Crippen LogP contribution < -0.4 is 0 Å². The molecule has 0 aromatic rings. The minimum atomic E-state index is -0.684. The van der Waals surface area contributed by atoms with Gasteiger partial charge in [0.1, 0.15) is 0 Å². The van der Waals surface area contributed by atoms with Crippen molar-refractivity contribution in [2.75, 3.05) is 0 Å². The second-order valence-electron chi connectivity index (χ2n) is 0.689. The van der Waals surface area contributed by atoms with Crippen LogP contribution in [0.25, 0.3) is 0 Å². The highest BCUT2D eigenvalue weighted by molar-refractivity contribution is 7.18. The lowest BCUT2D eigenvalue weighted by Gasteiger charge is -1.78. The zero-order valence-corrected chi connectivity index (χ0v) is 4.35. The summed E-state index contributed by atoms with van der Waals surface area (Å²) in [6, 6.07) is 0. The Morgan fingerprint density at radius 1 is 1.86 bits per heavy atom. The van der Waals surface area contributed by atoms with Crippen LogP contribution in [-0.4, -0.2) is 5.97 Å². The largest absolute Gasteiger partial charge is 0.398 e. The van der Waals surface area contributed by atoms with Gasteiger partial charge in [-0.05, 0) is 0 Å². The Bertz CT molecular complexity index is 98.4. The first-order valence-electron chi connectivity index (χ1n) is 1.47. The predicted octanol–water partition coefficient (Wildman–Crippen LogP) is 0.922. The van der Waals surface area contributed by atoms with E-state index in [1.807, 2.05) is 0 Å². The summed E-state index contributed by atoms with van der Waals surface area (Å²) in [5, 5.41) is 0. The summed E-state index contributed by atoms with van der Waals surface area (Å²) in [4.78, 5) is 9.86. The van der Waals surface area contributed by atoms with Crippen LogP contribution >= 0.6 is 8.69 Å². The normalized spacial score (nSPS) is 8.00. The summed E-state index contributed by atoms with van der Waals surface area (Å²) in [6.45, 7) is 3.06. The highest BCUT2D eigenvalue weighted by Crippen LogP contribution is 1.93. The quantitative estimate of drug-likeness (QED) is 0.400. The molecule has 4 heteroatoms. The standard InChI is InChI=1S/C3H3O3P/c1-2-3(4)6-7-5/h2H,1H2. The molecule has 0 aromatic carbocycles. The van der Waals surface area contributed by atoms with Crippen molar-refractivity contribution in [2.45, 2.75) is 0 Å². The molecule has 0 aromatic heterocycles. The van der Waals surface area contributed by atoms with Gasteiger partial charge in [0.05, 0.1) is 0 Å². The lowest BCUT2D eigenvalue weighted by molar-refractivity contribution is -0.128. The van der Waals surface area contributed by atoms with Crippen LogP contribution in [-0.2, 0) is 13.9 Å². The smallest absolute Gasteiger partial charge is 0.370 e. The first-order valence-corrected chi connectivity index (χ1v) is 2.20. The molecule has 0 bridgehead atoms. The lowest BCUT2D eigenvalue weighted by atomic mass is 10.7. The third-order valence-electron chi connectivity index (χ3n) is 0.294. The Morgan fingerprint density at radius 3 is 2.57 bits per heavy atom. The fourth-order valence-corrected chi connectivity index (χ4v) is 0.222. The third-order valence-corrected chi connectivity index (χ3v) is 0.548. The van der Waals surface area contributed by atoms with Gasteiger partial charge in [-0.2, -0.15) is 0 Å². The van der Waals surface area contributed by atoms with Gasteiger partial charge in [0, 0.05) is 6.08 Å². The van der Waals surface area contributed by atoms with Gasteiger partial charge in [-0.25, -0.2) is 9.36 Å². The fourth-order valence-electron chi connectivity index (χ4n) is 0.0740. The molecule has 7 heavy (non-hydrogen) atoms. The highest BCUT2D eigenvalue weighted by atomic mass is 31.1. The van der Waals surface area contributed by atoms with Crippen molar-refractivity contribution in [3.8, 4) is 0 Å². The van der Waals surface area contributed by atoms with Crippen LogP contribution in [0.4, 0.5) is 0 Å². The molecule has 0 atom stereocenters. The van der Waals surface area contributed by atoms with Crippen LogP contribution in [0.5, 0.6) is 0 Å². The first kappa shape index (κ1) is 6.31. The molecule has 0 amide bonds. The van der Waals surface area contributed by atoms with Crippen molar-refractivity contribution in [1.29, 1.82) is 0 Å². The Labute approximate surface area is 42.3 Å². The van der Waals surface area contributed by atoms with E-state index in [0.717, 1.165) is 6.08 Å². The van der Waals surface area contributed by atoms with E-state index in [9.17, 15) is 9.36 Å². The van der Waals surface area contributed by atoms with E-state index in [-0.39, 0.29) is 0 Å². The van der Waals surface area contributed by atoms with Gasteiger partial charge in [-0.15, -0.1) is 0 Å². The molecule has 0 saturated heterocycles. The van der Waals surface area contributed by atoms with Crippen LogP contribution in [0.15, 0.2) is 12.7 Å². The molecule has 0 spiro atoms. The monoisotopic (exact) mass is 118 g/mol. The number of rotatable bonds is 2. The Hall–Kier alpha value is -0.690. The summed E-state index contributed by atoms with van der Waals surface area (Å²) in [5.74, 6) is -0.684. The van der Waals surface area contributed by atoms with Crippen molar-refractivity contribution in [2.24, 2.45) is 0 Å². The molecule has 38 valence electrons. The Balaban J connectivity index is 3.36. The summed E-state index contributed by atoms with van der Waals surface area (Å²) in [6.07, 6.45) is 0.935. The fraction of sp³-hybridized carbons (Fsp3) is 0. The number of hydrogen-bond donors (Lipinski definition) is 0. The molecule has 0 unspecified atom stereocenters. The topological polar surface area (TPSA) is 43.4 Å². The average molecular weight is 118 g/mol. The van der Waals surface area contributed by atoms with Gasteiger partial charge in [-0.3, -0.25) is 0 Å². The first-order chi connectivity index (χ1) is 3.31. The second kappa shape index (κ2) is 3.50.